The van der Waals surface area contributed by atoms with Crippen molar-refractivity contribution in [1.29, 1.82) is 0 Å². The average Bonchev–Trinajstić information content (AvgIpc) is 2.41. The highest BCUT2D eigenvalue weighted by atomic mass is 16.5. The van der Waals surface area contributed by atoms with Gasteiger partial charge in [0.05, 0.1) is 12.7 Å². The third kappa shape index (κ3) is 4.35. The van der Waals surface area contributed by atoms with Gasteiger partial charge in [-0.05, 0) is 12.8 Å². The minimum atomic E-state index is -0.0508. The van der Waals surface area contributed by atoms with Gasteiger partial charge in [0.1, 0.15) is 6.23 Å². The van der Waals surface area contributed by atoms with E-state index in [2.05, 4.69) is 0 Å². The van der Waals surface area contributed by atoms with Crippen LogP contribution in [0, 0.1) is 0 Å². The van der Waals surface area contributed by atoms with Crippen molar-refractivity contribution in [3.63, 3.8) is 0 Å². The molecule has 2 N–H and O–H groups in total. The zero-order valence-corrected chi connectivity index (χ0v) is 7.67. The highest BCUT2D eigenvalue weighted by molar-refractivity contribution is 4.68. The molecule has 0 radical (unpaired) electrons. The Labute approximate surface area is 68.9 Å². The van der Waals surface area contributed by atoms with Gasteiger partial charge in [-0.2, -0.15) is 0 Å². The fourth-order valence-electron chi connectivity index (χ4n) is 1.04. The summed E-state index contributed by atoms with van der Waals surface area (Å²) in [6, 6.07) is 0. The van der Waals surface area contributed by atoms with E-state index in [0.29, 0.717) is 6.61 Å². The molecule has 1 rings (SSSR count). The van der Waals surface area contributed by atoms with E-state index in [0.717, 1.165) is 12.8 Å². The Hall–Kier alpha value is -0.120. The van der Waals surface area contributed by atoms with Crippen molar-refractivity contribution in [2.75, 3.05) is 13.7 Å². The number of hydrogen-bond donors (Lipinski definition) is 1. The van der Waals surface area contributed by atoms with Gasteiger partial charge in [-0.3, -0.25) is 0 Å². The summed E-state index contributed by atoms with van der Waals surface area (Å²) in [6.07, 6.45) is 2.19. The van der Waals surface area contributed by atoms with Crippen LogP contribution in [0.15, 0.2) is 0 Å². The molecule has 0 aromatic carbocycles. The SMILES string of the molecule is CC.COCC1CCC(N)O1. The number of hydrogen-bond acceptors (Lipinski definition) is 3. The number of methoxy groups -OCH3 is 1. The van der Waals surface area contributed by atoms with Crippen LogP contribution in [-0.4, -0.2) is 26.0 Å². The molecular weight excluding hydrogens is 142 g/mol. The maximum atomic E-state index is 5.48. The zero-order chi connectivity index (χ0) is 8.69. The van der Waals surface area contributed by atoms with E-state index in [4.69, 9.17) is 15.2 Å². The van der Waals surface area contributed by atoms with Crippen molar-refractivity contribution >= 4 is 0 Å². The third-order valence-electron chi connectivity index (χ3n) is 1.49. The normalized spacial score (nSPS) is 29.5. The van der Waals surface area contributed by atoms with E-state index in [1.807, 2.05) is 13.8 Å². The first kappa shape index (κ1) is 10.9. The van der Waals surface area contributed by atoms with Crippen LogP contribution in [0.5, 0.6) is 0 Å². The first-order chi connectivity index (χ1) is 5.33. The molecule has 68 valence electrons. The minimum Gasteiger partial charge on any atom is -0.382 e. The van der Waals surface area contributed by atoms with Gasteiger partial charge in [-0.25, -0.2) is 0 Å². The summed E-state index contributed by atoms with van der Waals surface area (Å²) < 4.78 is 10.1. The van der Waals surface area contributed by atoms with Crippen molar-refractivity contribution in [2.24, 2.45) is 5.73 Å². The lowest BCUT2D eigenvalue weighted by Crippen LogP contribution is -2.21. The molecule has 0 amide bonds. The Morgan fingerprint density at radius 2 is 2.09 bits per heavy atom. The summed E-state index contributed by atoms with van der Waals surface area (Å²) in [6.45, 7) is 4.67. The maximum absolute atomic E-state index is 5.48. The Kier molecular flexibility index (Phi) is 6.51. The molecule has 3 nitrogen and oxygen atoms in total. The van der Waals surface area contributed by atoms with Gasteiger partial charge in [0.2, 0.25) is 0 Å². The molecule has 2 atom stereocenters. The van der Waals surface area contributed by atoms with Gasteiger partial charge in [0, 0.05) is 7.11 Å². The predicted molar refractivity (Wildman–Crippen MR) is 45.3 cm³/mol. The monoisotopic (exact) mass is 161 g/mol. The van der Waals surface area contributed by atoms with Gasteiger partial charge in [-0.15, -0.1) is 0 Å². The Morgan fingerprint density at radius 1 is 1.45 bits per heavy atom. The van der Waals surface area contributed by atoms with Gasteiger partial charge in [0.15, 0.2) is 0 Å². The van der Waals surface area contributed by atoms with Gasteiger partial charge >= 0.3 is 0 Å². The van der Waals surface area contributed by atoms with Crippen LogP contribution in [0.1, 0.15) is 26.7 Å². The second-order valence-electron chi connectivity index (χ2n) is 2.33. The smallest absolute Gasteiger partial charge is 0.106 e. The van der Waals surface area contributed by atoms with Crippen LogP contribution in [0.25, 0.3) is 0 Å². The molecule has 1 heterocycles. The molecule has 0 aromatic heterocycles. The number of nitrogens with two attached hydrogens (primary N) is 1. The Morgan fingerprint density at radius 3 is 2.45 bits per heavy atom. The van der Waals surface area contributed by atoms with Crippen molar-refractivity contribution < 1.29 is 9.47 Å². The molecule has 1 saturated heterocycles. The van der Waals surface area contributed by atoms with Crippen LogP contribution in [0.3, 0.4) is 0 Å². The lowest BCUT2D eigenvalue weighted by atomic mass is 10.2. The topological polar surface area (TPSA) is 44.5 Å². The molecule has 1 aliphatic heterocycles. The van der Waals surface area contributed by atoms with E-state index in [1.54, 1.807) is 7.11 Å². The second-order valence-corrected chi connectivity index (χ2v) is 2.33. The van der Waals surface area contributed by atoms with Gasteiger partial charge < -0.3 is 15.2 Å². The Balaban J connectivity index is 0.000000461. The molecule has 3 heteroatoms. The van der Waals surface area contributed by atoms with Crippen LogP contribution in [0.2, 0.25) is 0 Å². The standard InChI is InChI=1S/C6H13NO2.C2H6/c1-8-4-5-2-3-6(7)9-5;1-2/h5-6H,2-4,7H2,1H3;1-2H3. The van der Waals surface area contributed by atoms with Crippen molar-refractivity contribution in [3.05, 3.63) is 0 Å². The molecule has 11 heavy (non-hydrogen) atoms. The molecule has 0 aliphatic carbocycles. The lowest BCUT2D eigenvalue weighted by molar-refractivity contribution is 0.00120. The predicted octanol–water partition coefficient (Wildman–Crippen LogP) is 1.12. The number of rotatable bonds is 2. The van der Waals surface area contributed by atoms with E-state index >= 15 is 0 Å². The molecule has 0 spiro atoms. The quantitative estimate of drug-likeness (QED) is 0.660. The van der Waals surface area contributed by atoms with Gasteiger partial charge in [-0.1, -0.05) is 13.8 Å². The van der Waals surface area contributed by atoms with Crippen LogP contribution < -0.4 is 5.73 Å². The maximum Gasteiger partial charge on any atom is 0.106 e. The van der Waals surface area contributed by atoms with Crippen LogP contribution in [0.4, 0.5) is 0 Å². The number of ether oxygens (including phenoxy) is 2. The van der Waals surface area contributed by atoms with E-state index in [-0.39, 0.29) is 12.3 Å². The highest BCUT2D eigenvalue weighted by Gasteiger charge is 2.21. The van der Waals surface area contributed by atoms with Crippen LogP contribution in [-0.2, 0) is 9.47 Å². The molecule has 0 saturated carbocycles. The highest BCUT2D eigenvalue weighted by Crippen LogP contribution is 2.15. The van der Waals surface area contributed by atoms with Crippen molar-refractivity contribution in [1.82, 2.24) is 0 Å². The third-order valence-corrected chi connectivity index (χ3v) is 1.49. The second kappa shape index (κ2) is 6.58. The molecule has 1 fully saturated rings. The molecule has 1 aliphatic rings. The van der Waals surface area contributed by atoms with Gasteiger partial charge in [0.25, 0.3) is 0 Å². The van der Waals surface area contributed by atoms with Crippen LogP contribution >= 0.6 is 0 Å². The Bertz CT molecular complexity index is 86.2. The fourth-order valence-corrected chi connectivity index (χ4v) is 1.04. The first-order valence-corrected chi connectivity index (χ1v) is 4.23. The summed E-state index contributed by atoms with van der Waals surface area (Å²) in [5.41, 5.74) is 5.48. The summed E-state index contributed by atoms with van der Waals surface area (Å²) in [5.74, 6) is 0. The lowest BCUT2D eigenvalue weighted by Gasteiger charge is -2.07. The summed E-state index contributed by atoms with van der Waals surface area (Å²) >= 11 is 0. The fraction of sp³-hybridized carbons (Fsp3) is 1.00. The largest absolute Gasteiger partial charge is 0.382 e. The molecular formula is C8H19NO2. The summed E-state index contributed by atoms with van der Waals surface area (Å²) in [4.78, 5) is 0. The van der Waals surface area contributed by atoms with Crippen molar-refractivity contribution in [2.45, 2.75) is 39.0 Å². The minimum absolute atomic E-state index is 0.0508. The molecule has 2 unspecified atom stereocenters. The van der Waals surface area contributed by atoms with E-state index in [1.165, 1.54) is 0 Å². The summed E-state index contributed by atoms with van der Waals surface area (Å²) in [5, 5.41) is 0. The molecule has 0 aromatic rings. The van der Waals surface area contributed by atoms with E-state index in [9.17, 15) is 0 Å². The average molecular weight is 161 g/mol. The van der Waals surface area contributed by atoms with E-state index < -0.39 is 0 Å². The zero-order valence-electron chi connectivity index (χ0n) is 7.67. The summed E-state index contributed by atoms with van der Waals surface area (Å²) in [7, 11) is 1.67. The first-order valence-electron chi connectivity index (χ1n) is 4.23. The van der Waals surface area contributed by atoms with Crippen molar-refractivity contribution in [3.8, 4) is 0 Å². The molecule has 0 bridgehead atoms.